The molecular weight excluding hydrogens is 304 g/mol. The van der Waals surface area contributed by atoms with Crippen molar-refractivity contribution in [1.82, 2.24) is 21.0 Å². The molecule has 0 fully saturated rings. The van der Waals surface area contributed by atoms with Gasteiger partial charge in [0.15, 0.2) is 5.69 Å². The van der Waals surface area contributed by atoms with E-state index in [9.17, 15) is 9.59 Å². The number of hydrogen-bond donors (Lipinski definition) is 3. The third-order valence-electron chi connectivity index (χ3n) is 3.48. The minimum Gasteiger partial charge on any atom is -0.282 e. The van der Waals surface area contributed by atoms with Gasteiger partial charge in [-0.3, -0.25) is 25.5 Å². The Labute approximate surface area is 138 Å². The minimum atomic E-state index is -0.480. The Kier molecular flexibility index (Phi) is 4.38. The van der Waals surface area contributed by atoms with Gasteiger partial charge in [-0.25, -0.2) is 0 Å². The summed E-state index contributed by atoms with van der Waals surface area (Å²) in [6.45, 7) is 1.79. The lowest BCUT2D eigenvalue weighted by Crippen LogP contribution is -2.40. The molecule has 3 rings (SSSR count). The van der Waals surface area contributed by atoms with E-state index in [4.69, 9.17) is 0 Å². The van der Waals surface area contributed by atoms with Gasteiger partial charge in [0.25, 0.3) is 11.8 Å². The van der Waals surface area contributed by atoms with Crippen LogP contribution in [0, 0.1) is 6.92 Å². The van der Waals surface area contributed by atoms with Crippen LogP contribution in [0.3, 0.4) is 0 Å². The molecule has 0 aliphatic carbocycles. The Morgan fingerprint density at radius 2 is 1.88 bits per heavy atom. The molecular formula is C18H16N4O2. The first-order valence-electron chi connectivity index (χ1n) is 7.41. The topological polar surface area (TPSA) is 86.9 Å². The average Bonchev–Trinajstić information content (AvgIpc) is 3.04. The summed E-state index contributed by atoms with van der Waals surface area (Å²) >= 11 is 0. The first-order chi connectivity index (χ1) is 11.6. The van der Waals surface area contributed by atoms with E-state index in [2.05, 4.69) is 21.0 Å². The maximum atomic E-state index is 11.9. The Bertz CT molecular complexity index is 922. The van der Waals surface area contributed by atoms with E-state index in [-0.39, 0.29) is 5.69 Å². The molecule has 120 valence electrons. The first-order valence-corrected chi connectivity index (χ1v) is 7.41. The fraction of sp³-hybridized carbons (Fsp3) is 0.0556. The maximum Gasteiger partial charge on any atom is 0.290 e. The van der Waals surface area contributed by atoms with E-state index in [1.165, 1.54) is 6.08 Å². The smallest absolute Gasteiger partial charge is 0.282 e. The van der Waals surface area contributed by atoms with Crippen LogP contribution in [0.5, 0.6) is 0 Å². The van der Waals surface area contributed by atoms with Gasteiger partial charge in [-0.2, -0.15) is 5.10 Å². The summed E-state index contributed by atoms with van der Waals surface area (Å²) in [6.07, 6.45) is 3.08. The second-order valence-electron chi connectivity index (χ2n) is 5.28. The molecule has 2 aromatic carbocycles. The van der Waals surface area contributed by atoms with Crippen molar-refractivity contribution in [2.24, 2.45) is 0 Å². The van der Waals surface area contributed by atoms with Gasteiger partial charge in [0, 0.05) is 11.8 Å². The van der Waals surface area contributed by atoms with Gasteiger partial charge in [-0.15, -0.1) is 0 Å². The monoisotopic (exact) mass is 320 g/mol. The maximum absolute atomic E-state index is 11.9. The van der Waals surface area contributed by atoms with Gasteiger partial charge < -0.3 is 0 Å². The van der Waals surface area contributed by atoms with Crippen LogP contribution in [-0.4, -0.2) is 22.0 Å². The Hall–Kier alpha value is -3.41. The molecule has 0 aliphatic heterocycles. The molecule has 0 bridgehead atoms. The molecule has 6 heteroatoms. The third kappa shape index (κ3) is 3.49. The lowest BCUT2D eigenvalue weighted by Gasteiger charge is -2.03. The Morgan fingerprint density at radius 1 is 1.08 bits per heavy atom. The second kappa shape index (κ2) is 6.78. The molecule has 24 heavy (non-hydrogen) atoms. The number of carbonyl (C=O) groups excluding carboxylic acids is 2. The number of nitrogens with one attached hydrogen (secondary N) is 3. The fourth-order valence-electron chi connectivity index (χ4n) is 2.32. The number of aromatic nitrogens is 2. The van der Waals surface area contributed by atoms with Gasteiger partial charge in [-0.1, -0.05) is 42.5 Å². The SMILES string of the molecule is Cc1cc(C(=O)NNC(=O)/C=C/c2cccc3ccccc23)n[nH]1. The lowest BCUT2D eigenvalue weighted by molar-refractivity contribution is -0.117. The molecule has 0 radical (unpaired) electrons. The van der Waals surface area contributed by atoms with E-state index in [1.54, 1.807) is 19.1 Å². The zero-order chi connectivity index (χ0) is 16.9. The summed E-state index contributed by atoms with van der Waals surface area (Å²) in [6, 6.07) is 15.4. The molecule has 0 spiro atoms. The summed E-state index contributed by atoms with van der Waals surface area (Å²) in [7, 11) is 0. The highest BCUT2D eigenvalue weighted by atomic mass is 16.2. The lowest BCUT2D eigenvalue weighted by atomic mass is 10.0. The quantitative estimate of drug-likeness (QED) is 0.511. The standard InChI is InChI=1S/C18H16N4O2/c1-12-11-16(20-19-12)18(24)22-21-17(23)10-9-14-7-4-6-13-5-2-3-8-15(13)14/h2-11H,1H3,(H,19,20)(H,21,23)(H,22,24)/b10-9+. The highest BCUT2D eigenvalue weighted by molar-refractivity contribution is 5.99. The summed E-state index contributed by atoms with van der Waals surface area (Å²) in [4.78, 5) is 23.6. The summed E-state index contributed by atoms with van der Waals surface area (Å²) in [5.74, 6) is -0.908. The molecule has 3 aromatic rings. The van der Waals surface area contributed by atoms with Gasteiger partial charge in [0.05, 0.1) is 0 Å². The molecule has 1 aromatic heterocycles. The van der Waals surface area contributed by atoms with Crippen molar-refractivity contribution in [3.05, 3.63) is 71.6 Å². The van der Waals surface area contributed by atoms with Crippen molar-refractivity contribution in [2.75, 3.05) is 0 Å². The van der Waals surface area contributed by atoms with Crippen LogP contribution in [-0.2, 0) is 4.79 Å². The van der Waals surface area contributed by atoms with E-state index in [0.29, 0.717) is 0 Å². The van der Waals surface area contributed by atoms with Crippen LogP contribution >= 0.6 is 0 Å². The Morgan fingerprint density at radius 3 is 2.67 bits per heavy atom. The zero-order valence-corrected chi connectivity index (χ0v) is 13.0. The molecule has 0 saturated heterocycles. The predicted octanol–water partition coefficient (Wildman–Crippen LogP) is 2.35. The molecule has 0 aliphatic rings. The van der Waals surface area contributed by atoms with Crippen LogP contribution in [0.15, 0.2) is 54.6 Å². The van der Waals surface area contributed by atoms with Gasteiger partial charge in [-0.05, 0) is 35.4 Å². The summed E-state index contributed by atoms with van der Waals surface area (Å²) < 4.78 is 0. The predicted molar refractivity (Wildman–Crippen MR) is 91.9 cm³/mol. The number of H-pyrrole nitrogens is 1. The molecule has 1 heterocycles. The number of rotatable bonds is 3. The summed E-state index contributed by atoms with van der Waals surface area (Å²) in [5, 5.41) is 8.63. The second-order valence-corrected chi connectivity index (χ2v) is 5.28. The number of hydrogen-bond acceptors (Lipinski definition) is 3. The van der Waals surface area contributed by atoms with Gasteiger partial charge in [0.1, 0.15) is 0 Å². The van der Waals surface area contributed by atoms with E-state index in [1.807, 2.05) is 42.5 Å². The number of aromatic amines is 1. The van der Waals surface area contributed by atoms with Crippen molar-refractivity contribution in [1.29, 1.82) is 0 Å². The van der Waals surface area contributed by atoms with E-state index >= 15 is 0 Å². The van der Waals surface area contributed by atoms with Crippen molar-refractivity contribution in [3.63, 3.8) is 0 Å². The Balaban J connectivity index is 1.64. The zero-order valence-electron chi connectivity index (χ0n) is 13.0. The van der Waals surface area contributed by atoms with Gasteiger partial charge in [0.2, 0.25) is 0 Å². The molecule has 0 saturated carbocycles. The number of aryl methyl sites for hydroxylation is 1. The molecule has 0 atom stereocenters. The highest BCUT2D eigenvalue weighted by Gasteiger charge is 2.09. The third-order valence-corrected chi connectivity index (χ3v) is 3.48. The molecule has 6 nitrogen and oxygen atoms in total. The van der Waals surface area contributed by atoms with Crippen molar-refractivity contribution >= 4 is 28.7 Å². The van der Waals surface area contributed by atoms with Crippen LogP contribution in [0.25, 0.3) is 16.8 Å². The number of fused-ring (bicyclic) bond motifs is 1. The molecule has 3 N–H and O–H groups in total. The highest BCUT2D eigenvalue weighted by Crippen LogP contribution is 2.19. The fourth-order valence-corrected chi connectivity index (χ4v) is 2.32. The van der Waals surface area contributed by atoms with Crippen LogP contribution in [0.2, 0.25) is 0 Å². The number of hydrazine groups is 1. The van der Waals surface area contributed by atoms with E-state index in [0.717, 1.165) is 22.0 Å². The van der Waals surface area contributed by atoms with Crippen molar-refractivity contribution < 1.29 is 9.59 Å². The van der Waals surface area contributed by atoms with Crippen LogP contribution in [0.4, 0.5) is 0 Å². The normalized spacial score (nSPS) is 10.9. The minimum absolute atomic E-state index is 0.214. The summed E-state index contributed by atoms with van der Waals surface area (Å²) in [5.41, 5.74) is 6.55. The van der Waals surface area contributed by atoms with Gasteiger partial charge >= 0.3 is 0 Å². The van der Waals surface area contributed by atoms with Crippen LogP contribution in [0.1, 0.15) is 21.7 Å². The number of amides is 2. The number of benzene rings is 2. The number of nitrogens with zero attached hydrogens (tertiary/aromatic N) is 1. The van der Waals surface area contributed by atoms with Crippen molar-refractivity contribution in [2.45, 2.75) is 6.92 Å². The van der Waals surface area contributed by atoms with Crippen LogP contribution < -0.4 is 10.9 Å². The first kappa shape index (κ1) is 15.5. The van der Waals surface area contributed by atoms with Crippen molar-refractivity contribution in [3.8, 4) is 0 Å². The average molecular weight is 320 g/mol. The molecule has 2 amide bonds. The largest absolute Gasteiger partial charge is 0.290 e. The molecule has 0 unspecified atom stereocenters. The van der Waals surface area contributed by atoms with E-state index < -0.39 is 11.8 Å². The number of carbonyl (C=O) groups is 2.